The predicted molar refractivity (Wildman–Crippen MR) is 147 cm³/mol. The number of hydrogen-bond acceptors (Lipinski definition) is 4. The number of carbonyl (C=O) groups excluding carboxylic acids is 1. The van der Waals surface area contributed by atoms with Gasteiger partial charge in [0.25, 0.3) is 0 Å². The molecule has 0 saturated heterocycles. The van der Waals surface area contributed by atoms with Crippen molar-refractivity contribution in [2.45, 2.75) is 73.6 Å². The van der Waals surface area contributed by atoms with Crippen molar-refractivity contribution in [3.63, 3.8) is 0 Å². The molecule has 0 radical (unpaired) electrons. The van der Waals surface area contributed by atoms with Crippen LogP contribution in [0.1, 0.15) is 48.8 Å². The highest BCUT2D eigenvalue weighted by Crippen LogP contribution is 2.34. The van der Waals surface area contributed by atoms with Crippen molar-refractivity contribution in [3.8, 4) is 0 Å². The number of benzene rings is 3. The van der Waals surface area contributed by atoms with Gasteiger partial charge < -0.3 is 5.32 Å². The Labute approximate surface area is 219 Å². The van der Waals surface area contributed by atoms with Crippen LogP contribution in [-0.4, -0.2) is 31.2 Å². The minimum absolute atomic E-state index is 0.177. The summed E-state index contributed by atoms with van der Waals surface area (Å²) in [6.07, 6.45) is 4.60. The highest BCUT2D eigenvalue weighted by Gasteiger charge is 2.35. The van der Waals surface area contributed by atoms with Crippen LogP contribution < -0.4 is 5.32 Å². The molecule has 1 aliphatic carbocycles. The van der Waals surface area contributed by atoms with Gasteiger partial charge in [-0.05, 0) is 69.0 Å². The summed E-state index contributed by atoms with van der Waals surface area (Å²) >= 11 is 1.56. The molecule has 190 valence electrons. The minimum Gasteiger partial charge on any atom is -0.324 e. The summed E-state index contributed by atoms with van der Waals surface area (Å²) in [6, 6.07) is 21.2. The van der Waals surface area contributed by atoms with Crippen LogP contribution >= 0.6 is 11.8 Å². The molecule has 1 fully saturated rings. The maximum Gasteiger partial charge on any atom is 0.244 e. The molecule has 0 unspecified atom stereocenters. The van der Waals surface area contributed by atoms with Crippen molar-refractivity contribution in [1.29, 1.82) is 0 Å². The normalized spacial score (nSPS) is 14.7. The van der Waals surface area contributed by atoms with E-state index in [1.54, 1.807) is 11.8 Å². The Morgan fingerprint density at radius 2 is 1.53 bits per heavy atom. The average molecular weight is 523 g/mol. The zero-order chi connectivity index (χ0) is 25.7. The number of carbonyl (C=O) groups is 1. The molecule has 4 rings (SSSR count). The smallest absolute Gasteiger partial charge is 0.244 e. The Balaban J connectivity index is 1.61. The third-order valence-electron chi connectivity index (χ3n) is 6.58. The van der Waals surface area contributed by atoms with Gasteiger partial charge in [0.05, 0.1) is 17.1 Å². The monoisotopic (exact) mass is 522 g/mol. The fourth-order valence-corrected chi connectivity index (χ4v) is 8.06. The van der Waals surface area contributed by atoms with Gasteiger partial charge in [0.15, 0.2) is 0 Å². The number of rotatable bonds is 8. The SMILES string of the molecule is Cc1cc(C)c(S(=O)(=O)N(CC(=O)Nc2ccccc2Sc2ccccc2)C2CCCCC2)c(C)c1. The van der Waals surface area contributed by atoms with E-state index in [2.05, 4.69) is 5.32 Å². The number of nitrogens with one attached hydrogen (secondary N) is 1. The first kappa shape index (κ1) is 26.5. The summed E-state index contributed by atoms with van der Waals surface area (Å²) in [5.74, 6) is -0.326. The van der Waals surface area contributed by atoms with Gasteiger partial charge in [0, 0.05) is 15.8 Å². The molecular weight excluding hydrogens is 488 g/mol. The van der Waals surface area contributed by atoms with Crippen LogP contribution in [-0.2, 0) is 14.8 Å². The number of para-hydroxylation sites is 1. The third kappa shape index (κ3) is 6.20. The fourth-order valence-electron chi connectivity index (χ4n) is 5.08. The lowest BCUT2D eigenvalue weighted by Gasteiger charge is -2.34. The Hall–Kier alpha value is -2.61. The van der Waals surface area contributed by atoms with Crippen LogP contribution in [0.3, 0.4) is 0 Å². The van der Waals surface area contributed by atoms with Gasteiger partial charge in [-0.3, -0.25) is 4.79 Å². The van der Waals surface area contributed by atoms with Crippen molar-refractivity contribution >= 4 is 33.4 Å². The van der Waals surface area contributed by atoms with E-state index in [4.69, 9.17) is 0 Å². The predicted octanol–water partition coefficient (Wildman–Crippen LogP) is 6.73. The van der Waals surface area contributed by atoms with Crippen LogP contribution in [0.2, 0.25) is 0 Å². The van der Waals surface area contributed by atoms with Gasteiger partial charge in [-0.25, -0.2) is 8.42 Å². The van der Waals surface area contributed by atoms with Crippen molar-refractivity contribution in [3.05, 3.63) is 83.4 Å². The van der Waals surface area contributed by atoms with Crippen molar-refractivity contribution < 1.29 is 13.2 Å². The molecule has 0 atom stereocenters. The molecule has 5 nitrogen and oxygen atoms in total. The molecule has 1 amide bonds. The molecule has 3 aromatic rings. The lowest BCUT2D eigenvalue weighted by atomic mass is 9.95. The maximum absolute atomic E-state index is 14.0. The van der Waals surface area contributed by atoms with E-state index >= 15 is 0 Å². The summed E-state index contributed by atoms with van der Waals surface area (Å²) in [5, 5.41) is 3.00. The average Bonchev–Trinajstić information content (AvgIpc) is 2.84. The molecule has 3 aromatic carbocycles. The lowest BCUT2D eigenvalue weighted by molar-refractivity contribution is -0.116. The van der Waals surface area contributed by atoms with Gasteiger partial charge in [-0.1, -0.05) is 79.1 Å². The van der Waals surface area contributed by atoms with Crippen molar-refractivity contribution in [2.24, 2.45) is 0 Å². The van der Waals surface area contributed by atoms with Gasteiger partial charge in [-0.2, -0.15) is 4.31 Å². The third-order valence-corrected chi connectivity index (χ3v) is 9.87. The first-order valence-corrected chi connectivity index (χ1v) is 14.7. The Kier molecular flexibility index (Phi) is 8.54. The molecule has 0 spiro atoms. The molecule has 1 aliphatic rings. The number of nitrogens with zero attached hydrogens (tertiary/aromatic N) is 1. The van der Waals surface area contributed by atoms with Crippen LogP contribution in [0.5, 0.6) is 0 Å². The van der Waals surface area contributed by atoms with E-state index in [1.807, 2.05) is 87.5 Å². The van der Waals surface area contributed by atoms with Crippen LogP contribution in [0, 0.1) is 20.8 Å². The van der Waals surface area contributed by atoms with Gasteiger partial charge in [0.2, 0.25) is 15.9 Å². The van der Waals surface area contributed by atoms with E-state index in [0.717, 1.165) is 58.6 Å². The molecule has 36 heavy (non-hydrogen) atoms. The van der Waals surface area contributed by atoms with Crippen molar-refractivity contribution in [2.75, 3.05) is 11.9 Å². The van der Waals surface area contributed by atoms with E-state index < -0.39 is 10.0 Å². The summed E-state index contributed by atoms with van der Waals surface area (Å²) < 4.78 is 29.5. The highest BCUT2D eigenvalue weighted by molar-refractivity contribution is 7.99. The Morgan fingerprint density at radius 1 is 0.917 bits per heavy atom. The van der Waals surface area contributed by atoms with Crippen LogP contribution in [0.4, 0.5) is 5.69 Å². The molecule has 1 saturated carbocycles. The summed E-state index contributed by atoms with van der Waals surface area (Å²) in [6.45, 7) is 5.43. The second-order valence-corrected chi connectivity index (χ2v) is 12.5. The first-order valence-electron chi connectivity index (χ1n) is 12.5. The largest absolute Gasteiger partial charge is 0.324 e. The Bertz CT molecular complexity index is 1290. The highest BCUT2D eigenvalue weighted by atomic mass is 32.2. The van der Waals surface area contributed by atoms with Gasteiger partial charge in [-0.15, -0.1) is 0 Å². The van der Waals surface area contributed by atoms with E-state index in [0.29, 0.717) is 10.6 Å². The molecule has 0 bridgehead atoms. The van der Waals surface area contributed by atoms with Gasteiger partial charge >= 0.3 is 0 Å². The lowest BCUT2D eigenvalue weighted by Crippen LogP contribution is -2.46. The molecule has 0 heterocycles. The second kappa shape index (κ2) is 11.6. The molecule has 1 N–H and O–H groups in total. The first-order chi connectivity index (χ1) is 17.3. The van der Waals surface area contributed by atoms with Crippen molar-refractivity contribution in [1.82, 2.24) is 4.31 Å². The Morgan fingerprint density at radius 3 is 2.19 bits per heavy atom. The molecule has 0 aliphatic heterocycles. The minimum atomic E-state index is -3.86. The molecular formula is C29H34N2O3S2. The molecule has 0 aromatic heterocycles. The zero-order valence-electron chi connectivity index (χ0n) is 21.2. The number of aryl methyl sites for hydroxylation is 3. The summed E-state index contributed by atoms with van der Waals surface area (Å²) in [5.41, 5.74) is 3.15. The summed E-state index contributed by atoms with van der Waals surface area (Å²) in [7, 11) is -3.86. The fraction of sp³-hybridized carbons (Fsp3) is 0.345. The van der Waals surface area contributed by atoms with E-state index in [1.165, 1.54) is 4.31 Å². The van der Waals surface area contributed by atoms with E-state index in [9.17, 15) is 13.2 Å². The second-order valence-electron chi connectivity index (χ2n) is 9.53. The van der Waals surface area contributed by atoms with Gasteiger partial charge in [0.1, 0.15) is 0 Å². The van der Waals surface area contributed by atoms with E-state index in [-0.39, 0.29) is 18.5 Å². The number of amides is 1. The zero-order valence-corrected chi connectivity index (χ0v) is 22.8. The maximum atomic E-state index is 14.0. The number of hydrogen-bond donors (Lipinski definition) is 1. The quantitative estimate of drug-likeness (QED) is 0.356. The topological polar surface area (TPSA) is 66.5 Å². The van der Waals surface area contributed by atoms with Crippen LogP contribution in [0.25, 0.3) is 0 Å². The standard InChI is InChI=1S/C29H34N2O3S2/c1-21-18-22(2)29(23(3)19-21)36(33,34)31(24-12-6-4-7-13-24)20-28(32)30-26-16-10-11-17-27(26)35-25-14-8-5-9-15-25/h5,8-11,14-19,24H,4,6-7,12-13,20H2,1-3H3,(H,30,32). The summed E-state index contributed by atoms with van der Waals surface area (Å²) in [4.78, 5) is 15.6. The molecule has 7 heteroatoms. The van der Waals surface area contributed by atoms with Crippen LogP contribution in [0.15, 0.2) is 81.4 Å². The number of sulfonamides is 1. The number of anilines is 1.